The molecule has 0 bridgehead atoms. The van der Waals surface area contributed by atoms with E-state index in [0.717, 1.165) is 37.4 Å². The number of likely N-dealkylation sites (tertiary alicyclic amines) is 1. The third kappa shape index (κ3) is 6.47. The summed E-state index contributed by atoms with van der Waals surface area (Å²) in [6, 6.07) is 8.47. The van der Waals surface area contributed by atoms with Gasteiger partial charge in [-0.2, -0.15) is 0 Å². The quantitative estimate of drug-likeness (QED) is 0.763. The summed E-state index contributed by atoms with van der Waals surface area (Å²) in [4.78, 5) is 31.8. The van der Waals surface area contributed by atoms with E-state index in [-0.39, 0.29) is 18.0 Å². The molecule has 2 saturated heterocycles. The number of piperazine rings is 1. The van der Waals surface area contributed by atoms with Crippen LogP contribution < -0.4 is 5.32 Å². The molecule has 2 heterocycles. The number of urea groups is 1. The van der Waals surface area contributed by atoms with Crippen LogP contribution in [-0.2, 0) is 11.2 Å². The van der Waals surface area contributed by atoms with Crippen LogP contribution in [0.15, 0.2) is 24.3 Å². The zero-order chi connectivity index (χ0) is 22.3. The van der Waals surface area contributed by atoms with E-state index in [9.17, 15) is 9.59 Å². The van der Waals surface area contributed by atoms with Crippen molar-refractivity contribution < 1.29 is 9.59 Å². The van der Waals surface area contributed by atoms with Crippen LogP contribution in [0, 0.1) is 12.8 Å². The molecule has 0 unspecified atom stereocenters. The van der Waals surface area contributed by atoms with Gasteiger partial charge in [0.1, 0.15) is 0 Å². The fraction of sp³-hybridized carbons (Fsp3) is 0.692. The van der Waals surface area contributed by atoms with E-state index in [0.29, 0.717) is 32.6 Å². The van der Waals surface area contributed by atoms with E-state index in [4.69, 9.17) is 0 Å². The Bertz CT molecular complexity index is 744. The molecule has 1 aliphatic carbocycles. The van der Waals surface area contributed by atoms with Crippen LogP contribution in [-0.4, -0.2) is 78.5 Å². The number of nitrogens with zero attached hydrogens (tertiary/aromatic N) is 3. The summed E-state index contributed by atoms with van der Waals surface area (Å²) < 4.78 is 0. The molecule has 4 rings (SSSR count). The molecule has 6 heteroatoms. The summed E-state index contributed by atoms with van der Waals surface area (Å²) in [7, 11) is 0. The van der Waals surface area contributed by atoms with Crippen molar-refractivity contribution in [1.29, 1.82) is 0 Å². The molecule has 3 amide bonds. The Morgan fingerprint density at radius 1 is 0.844 bits per heavy atom. The minimum atomic E-state index is 0.0429. The largest absolute Gasteiger partial charge is 0.339 e. The molecule has 0 atom stereocenters. The number of benzene rings is 1. The number of hydrogen-bond donors (Lipinski definition) is 1. The van der Waals surface area contributed by atoms with E-state index in [1.165, 1.54) is 44.2 Å². The lowest BCUT2D eigenvalue weighted by molar-refractivity contribution is -0.131. The Balaban J connectivity index is 1.14. The minimum Gasteiger partial charge on any atom is -0.339 e. The van der Waals surface area contributed by atoms with Gasteiger partial charge in [-0.1, -0.05) is 49.1 Å². The average Bonchev–Trinajstić information content (AvgIpc) is 2.82. The molecule has 32 heavy (non-hydrogen) atoms. The van der Waals surface area contributed by atoms with Gasteiger partial charge >= 0.3 is 6.03 Å². The van der Waals surface area contributed by atoms with Crippen LogP contribution in [0.3, 0.4) is 0 Å². The fourth-order valence-corrected chi connectivity index (χ4v) is 5.41. The van der Waals surface area contributed by atoms with Crippen LogP contribution in [0.4, 0.5) is 4.79 Å². The topological polar surface area (TPSA) is 55.9 Å². The zero-order valence-electron chi connectivity index (χ0n) is 19.7. The maximum atomic E-state index is 12.8. The Morgan fingerprint density at radius 3 is 2.12 bits per heavy atom. The fourth-order valence-electron chi connectivity index (χ4n) is 5.41. The van der Waals surface area contributed by atoms with Crippen molar-refractivity contribution in [3.05, 3.63) is 35.4 Å². The number of amides is 3. The standard InChI is InChI=1S/C26H40N4O2/c1-21-7-9-22(10-8-21)19-25(31)29-15-17-30(18-16-29)26(32)27-24-11-13-28(14-12-24)20-23-5-3-2-4-6-23/h7-10,23-24H,2-6,11-20H2,1H3,(H,27,32). The van der Waals surface area contributed by atoms with Crippen LogP contribution in [0.2, 0.25) is 0 Å². The van der Waals surface area contributed by atoms with Crippen molar-refractivity contribution in [3.8, 4) is 0 Å². The number of carbonyl (C=O) groups excluding carboxylic acids is 2. The second kappa shape index (κ2) is 11.2. The lowest BCUT2D eigenvalue weighted by atomic mass is 9.88. The van der Waals surface area contributed by atoms with Gasteiger partial charge in [-0.15, -0.1) is 0 Å². The minimum absolute atomic E-state index is 0.0429. The van der Waals surface area contributed by atoms with E-state index < -0.39 is 0 Å². The molecule has 3 aliphatic rings. The molecule has 0 radical (unpaired) electrons. The van der Waals surface area contributed by atoms with Gasteiger partial charge in [0.15, 0.2) is 0 Å². The molecular formula is C26H40N4O2. The monoisotopic (exact) mass is 440 g/mol. The third-order valence-corrected chi connectivity index (χ3v) is 7.55. The highest BCUT2D eigenvalue weighted by Gasteiger charge is 2.27. The van der Waals surface area contributed by atoms with Gasteiger partial charge in [-0.3, -0.25) is 4.79 Å². The molecule has 0 spiro atoms. The van der Waals surface area contributed by atoms with Gasteiger partial charge < -0.3 is 20.0 Å². The van der Waals surface area contributed by atoms with Gasteiger partial charge in [0.2, 0.25) is 5.91 Å². The molecule has 1 aromatic carbocycles. The van der Waals surface area contributed by atoms with Crippen LogP contribution in [0.25, 0.3) is 0 Å². The molecule has 176 valence electrons. The van der Waals surface area contributed by atoms with Crippen molar-refractivity contribution in [1.82, 2.24) is 20.0 Å². The number of nitrogens with one attached hydrogen (secondary N) is 1. The normalized spacial score (nSPS) is 21.5. The summed E-state index contributed by atoms with van der Waals surface area (Å²) in [6.45, 7) is 7.98. The third-order valence-electron chi connectivity index (χ3n) is 7.55. The van der Waals surface area contributed by atoms with Gasteiger partial charge in [0.05, 0.1) is 6.42 Å². The number of carbonyl (C=O) groups is 2. The first kappa shape index (κ1) is 23.1. The van der Waals surface area contributed by atoms with E-state index >= 15 is 0 Å². The number of aryl methyl sites for hydroxylation is 1. The van der Waals surface area contributed by atoms with Crippen molar-refractivity contribution in [2.45, 2.75) is 64.3 Å². The molecule has 1 N–H and O–H groups in total. The summed E-state index contributed by atoms with van der Waals surface area (Å²) in [6.07, 6.45) is 9.56. The SMILES string of the molecule is Cc1ccc(CC(=O)N2CCN(C(=O)NC3CCN(CC4CCCCC4)CC3)CC2)cc1. The maximum Gasteiger partial charge on any atom is 0.317 e. The van der Waals surface area contributed by atoms with E-state index in [1.807, 2.05) is 34.1 Å². The van der Waals surface area contributed by atoms with Crippen molar-refractivity contribution in [2.75, 3.05) is 45.8 Å². The highest BCUT2D eigenvalue weighted by molar-refractivity contribution is 5.79. The summed E-state index contributed by atoms with van der Waals surface area (Å²) in [5.41, 5.74) is 2.26. The molecule has 0 aromatic heterocycles. The smallest absolute Gasteiger partial charge is 0.317 e. The zero-order valence-corrected chi connectivity index (χ0v) is 19.7. The van der Waals surface area contributed by atoms with E-state index in [1.54, 1.807) is 0 Å². The Kier molecular flexibility index (Phi) is 8.06. The van der Waals surface area contributed by atoms with Crippen LogP contribution >= 0.6 is 0 Å². The number of rotatable bonds is 5. The van der Waals surface area contributed by atoms with Crippen molar-refractivity contribution in [3.63, 3.8) is 0 Å². The van der Waals surface area contributed by atoms with Gasteiger partial charge in [0, 0.05) is 51.9 Å². The first-order valence-corrected chi connectivity index (χ1v) is 12.7. The Hall–Kier alpha value is -2.08. The summed E-state index contributed by atoms with van der Waals surface area (Å²) >= 11 is 0. The lowest BCUT2D eigenvalue weighted by Crippen LogP contribution is -2.56. The molecule has 2 aliphatic heterocycles. The Labute approximate surface area is 193 Å². The number of piperidine rings is 1. The highest BCUT2D eigenvalue weighted by atomic mass is 16.2. The molecule has 6 nitrogen and oxygen atoms in total. The van der Waals surface area contributed by atoms with Gasteiger partial charge in [0.25, 0.3) is 0 Å². The van der Waals surface area contributed by atoms with Crippen molar-refractivity contribution in [2.24, 2.45) is 5.92 Å². The predicted molar refractivity (Wildman–Crippen MR) is 128 cm³/mol. The number of hydrogen-bond acceptors (Lipinski definition) is 3. The van der Waals surface area contributed by atoms with Crippen LogP contribution in [0.1, 0.15) is 56.1 Å². The van der Waals surface area contributed by atoms with Gasteiger partial charge in [-0.05, 0) is 44.1 Å². The molecular weight excluding hydrogens is 400 g/mol. The maximum absolute atomic E-state index is 12.8. The van der Waals surface area contributed by atoms with Gasteiger partial charge in [-0.25, -0.2) is 4.79 Å². The lowest BCUT2D eigenvalue weighted by Gasteiger charge is -2.38. The van der Waals surface area contributed by atoms with E-state index in [2.05, 4.69) is 17.1 Å². The van der Waals surface area contributed by atoms with Crippen molar-refractivity contribution >= 4 is 11.9 Å². The Morgan fingerprint density at radius 2 is 1.47 bits per heavy atom. The second-order valence-electron chi connectivity index (χ2n) is 10.1. The summed E-state index contributed by atoms with van der Waals surface area (Å²) in [5.74, 6) is 1.04. The first-order chi connectivity index (χ1) is 15.6. The average molecular weight is 441 g/mol. The molecule has 1 aromatic rings. The summed E-state index contributed by atoms with van der Waals surface area (Å²) in [5, 5.41) is 3.26. The second-order valence-corrected chi connectivity index (χ2v) is 10.1. The highest BCUT2D eigenvalue weighted by Crippen LogP contribution is 2.25. The molecule has 3 fully saturated rings. The first-order valence-electron chi connectivity index (χ1n) is 12.7. The molecule has 1 saturated carbocycles. The predicted octanol–water partition coefficient (Wildman–Crippen LogP) is 3.44. The van der Waals surface area contributed by atoms with Crippen LogP contribution in [0.5, 0.6) is 0 Å².